The van der Waals surface area contributed by atoms with Gasteiger partial charge in [0.05, 0.1) is 10.7 Å². The van der Waals surface area contributed by atoms with Crippen LogP contribution in [0.15, 0.2) is 6.07 Å². The summed E-state index contributed by atoms with van der Waals surface area (Å²) >= 11 is 5.98. The van der Waals surface area contributed by atoms with Crippen molar-refractivity contribution < 1.29 is 14.6 Å². The molecule has 0 atom stereocenters. The van der Waals surface area contributed by atoms with Crippen LogP contribution in [-0.2, 0) is 6.42 Å². The highest BCUT2D eigenvalue weighted by Gasteiger charge is 2.30. The average molecular weight is 270 g/mol. The molecule has 18 heavy (non-hydrogen) atoms. The number of rotatable bonds is 1. The molecule has 0 fully saturated rings. The molecule has 1 aromatic carbocycles. The maximum atomic E-state index is 11.3. The second kappa shape index (κ2) is 4.35. The third-order valence-corrected chi connectivity index (χ3v) is 3.50. The molecule has 2 rings (SSSR count). The van der Waals surface area contributed by atoms with Crippen LogP contribution in [0.2, 0.25) is 5.02 Å². The topological polar surface area (TPSA) is 72.6 Å². The Balaban J connectivity index is 2.66. The first kappa shape index (κ1) is 13.0. The minimum Gasteiger partial charge on any atom is -0.487 e. The number of halogens is 1. The van der Waals surface area contributed by atoms with E-state index in [1.54, 1.807) is 0 Å². The molecule has 0 aromatic heterocycles. The molecule has 0 amide bonds. The number of carbonyl (C=O) groups is 1. The highest BCUT2D eigenvalue weighted by molar-refractivity contribution is 6.33. The summed E-state index contributed by atoms with van der Waals surface area (Å²) in [7, 11) is 0. The lowest BCUT2D eigenvalue weighted by Crippen LogP contribution is -2.27. The molecule has 3 N–H and O–H groups in total. The van der Waals surface area contributed by atoms with Gasteiger partial charge in [0.2, 0.25) is 0 Å². The van der Waals surface area contributed by atoms with Gasteiger partial charge in [-0.05, 0) is 39.2 Å². The third kappa shape index (κ3) is 2.25. The smallest absolute Gasteiger partial charge is 0.339 e. The molecule has 0 bridgehead atoms. The molecule has 0 saturated carbocycles. The van der Waals surface area contributed by atoms with Crippen molar-refractivity contribution in [1.82, 2.24) is 0 Å². The molecule has 5 heteroatoms. The highest BCUT2D eigenvalue weighted by atomic mass is 35.5. The summed E-state index contributed by atoms with van der Waals surface area (Å²) in [5, 5.41) is 9.51. The Morgan fingerprint density at radius 3 is 2.83 bits per heavy atom. The van der Waals surface area contributed by atoms with E-state index < -0.39 is 11.6 Å². The Morgan fingerprint density at radius 2 is 2.22 bits per heavy atom. The molecule has 0 unspecified atom stereocenters. The van der Waals surface area contributed by atoms with Crippen molar-refractivity contribution in [2.24, 2.45) is 0 Å². The molecule has 0 saturated heterocycles. The van der Waals surface area contributed by atoms with Crippen LogP contribution in [0.5, 0.6) is 5.75 Å². The number of nitrogen functional groups attached to an aromatic ring is 1. The third-order valence-electron chi connectivity index (χ3n) is 3.19. The fourth-order valence-electron chi connectivity index (χ4n) is 2.24. The van der Waals surface area contributed by atoms with E-state index in [0.717, 1.165) is 12.8 Å². The number of nitrogens with two attached hydrogens (primary N) is 1. The standard InChI is InChI=1S/C13H16ClNO3/c1-13(2)5-3-4-7-10(15)9(14)6-8(12(16)17)11(7)18-13/h6H,3-5,15H2,1-2H3,(H,16,17). The Labute approximate surface area is 111 Å². The lowest BCUT2D eigenvalue weighted by Gasteiger charge is -2.26. The Kier molecular flexibility index (Phi) is 3.15. The van der Waals surface area contributed by atoms with Gasteiger partial charge < -0.3 is 15.6 Å². The van der Waals surface area contributed by atoms with Crippen molar-refractivity contribution in [3.05, 3.63) is 22.2 Å². The van der Waals surface area contributed by atoms with E-state index >= 15 is 0 Å². The Morgan fingerprint density at radius 1 is 1.56 bits per heavy atom. The maximum Gasteiger partial charge on any atom is 0.339 e. The molecule has 1 heterocycles. The van der Waals surface area contributed by atoms with E-state index in [1.165, 1.54) is 6.07 Å². The molecule has 0 radical (unpaired) electrons. The van der Waals surface area contributed by atoms with Crippen LogP contribution in [-0.4, -0.2) is 16.7 Å². The fourth-order valence-corrected chi connectivity index (χ4v) is 2.46. The van der Waals surface area contributed by atoms with E-state index in [-0.39, 0.29) is 10.6 Å². The van der Waals surface area contributed by atoms with Gasteiger partial charge in [-0.1, -0.05) is 11.6 Å². The van der Waals surface area contributed by atoms with E-state index in [0.29, 0.717) is 23.4 Å². The number of carboxylic acids is 1. The van der Waals surface area contributed by atoms with Crippen molar-refractivity contribution in [3.63, 3.8) is 0 Å². The van der Waals surface area contributed by atoms with Gasteiger partial charge in [-0.2, -0.15) is 0 Å². The lowest BCUT2D eigenvalue weighted by molar-refractivity contribution is 0.0672. The van der Waals surface area contributed by atoms with E-state index in [9.17, 15) is 9.90 Å². The van der Waals surface area contributed by atoms with Crippen molar-refractivity contribution in [2.45, 2.75) is 38.7 Å². The molecular formula is C13H16ClNO3. The first-order valence-electron chi connectivity index (χ1n) is 5.85. The monoisotopic (exact) mass is 269 g/mol. The predicted octanol–water partition coefficient (Wildman–Crippen LogP) is 3.11. The van der Waals surface area contributed by atoms with Crippen LogP contribution < -0.4 is 10.5 Å². The van der Waals surface area contributed by atoms with Gasteiger partial charge in [0.1, 0.15) is 16.9 Å². The molecule has 0 spiro atoms. The van der Waals surface area contributed by atoms with Crippen molar-refractivity contribution in [1.29, 1.82) is 0 Å². The Bertz CT molecular complexity index is 511. The van der Waals surface area contributed by atoms with E-state index in [2.05, 4.69) is 0 Å². The molecule has 98 valence electrons. The van der Waals surface area contributed by atoms with E-state index in [4.69, 9.17) is 22.1 Å². The van der Waals surface area contributed by atoms with Crippen molar-refractivity contribution in [2.75, 3.05) is 5.73 Å². The number of anilines is 1. The van der Waals surface area contributed by atoms with Gasteiger partial charge in [-0.25, -0.2) is 4.79 Å². The second-order valence-corrected chi connectivity index (χ2v) is 5.55. The lowest BCUT2D eigenvalue weighted by atomic mass is 9.99. The first-order valence-corrected chi connectivity index (χ1v) is 6.23. The van der Waals surface area contributed by atoms with Gasteiger partial charge in [0.15, 0.2) is 0 Å². The number of ether oxygens (including phenoxy) is 1. The van der Waals surface area contributed by atoms with Crippen LogP contribution in [0.1, 0.15) is 42.6 Å². The number of benzene rings is 1. The van der Waals surface area contributed by atoms with Gasteiger partial charge in [0, 0.05) is 5.56 Å². The van der Waals surface area contributed by atoms with Crippen LogP contribution in [0, 0.1) is 0 Å². The number of carboxylic acid groups (broad SMARTS) is 1. The summed E-state index contributed by atoms with van der Waals surface area (Å²) in [6.07, 6.45) is 2.42. The number of aromatic carboxylic acids is 1. The zero-order chi connectivity index (χ0) is 13.5. The largest absolute Gasteiger partial charge is 0.487 e. The van der Waals surface area contributed by atoms with Crippen LogP contribution in [0.4, 0.5) is 5.69 Å². The summed E-state index contributed by atoms with van der Waals surface area (Å²) in [4.78, 5) is 11.3. The molecule has 4 nitrogen and oxygen atoms in total. The zero-order valence-electron chi connectivity index (χ0n) is 10.4. The molecule has 1 aliphatic heterocycles. The second-order valence-electron chi connectivity index (χ2n) is 5.15. The van der Waals surface area contributed by atoms with Gasteiger partial charge in [-0.15, -0.1) is 0 Å². The number of hydrogen-bond donors (Lipinski definition) is 2. The molecule has 1 aliphatic rings. The first-order chi connectivity index (χ1) is 8.32. The normalized spacial score (nSPS) is 17.5. The van der Waals surface area contributed by atoms with Crippen LogP contribution >= 0.6 is 11.6 Å². The Hall–Kier alpha value is -1.42. The summed E-state index contributed by atoms with van der Waals surface area (Å²) in [6, 6.07) is 1.36. The summed E-state index contributed by atoms with van der Waals surface area (Å²) in [5.74, 6) is -0.683. The SMILES string of the molecule is CC1(C)CCCc2c(N)c(Cl)cc(C(=O)O)c2O1. The summed E-state index contributed by atoms with van der Waals surface area (Å²) < 4.78 is 5.85. The summed E-state index contributed by atoms with van der Waals surface area (Å²) in [5.41, 5.74) is 6.75. The highest BCUT2D eigenvalue weighted by Crippen LogP contribution is 2.40. The maximum absolute atomic E-state index is 11.3. The van der Waals surface area contributed by atoms with Crippen LogP contribution in [0.3, 0.4) is 0 Å². The summed E-state index contributed by atoms with van der Waals surface area (Å²) in [6.45, 7) is 3.89. The van der Waals surface area contributed by atoms with E-state index in [1.807, 2.05) is 13.8 Å². The van der Waals surface area contributed by atoms with Gasteiger partial charge in [0.25, 0.3) is 0 Å². The average Bonchev–Trinajstić information content (AvgIpc) is 2.41. The van der Waals surface area contributed by atoms with Crippen molar-refractivity contribution >= 4 is 23.3 Å². The minimum atomic E-state index is -1.05. The minimum absolute atomic E-state index is 0.0826. The molecule has 0 aliphatic carbocycles. The molecular weight excluding hydrogens is 254 g/mol. The fraction of sp³-hybridized carbons (Fsp3) is 0.462. The number of fused-ring (bicyclic) bond motifs is 1. The zero-order valence-corrected chi connectivity index (χ0v) is 11.2. The van der Waals surface area contributed by atoms with Crippen LogP contribution in [0.25, 0.3) is 0 Å². The van der Waals surface area contributed by atoms with Crippen molar-refractivity contribution in [3.8, 4) is 5.75 Å². The van der Waals surface area contributed by atoms with Gasteiger partial charge in [-0.3, -0.25) is 0 Å². The predicted molar refractivity (Wildman–Crippen MR) is 70.5 cm³/mol. The van der Waals surface area contributed by atoms with Gasteiger partial charge >= 0.3 is 5.97 Å². The number of hydrogen-bond acceptors (Lipinski definition) is 3. The molecule has 1 aromatic rings. The quantitative estimate of drug-likeness (QED) is 0.769.